The number of aliphatic carboxylic acids is 1. The molecule has 3 N–H and O–H groups in total. The monoisotopic (exact) mass is 787 g/mol. The van der Waals surface area contributed by atoms with Gasteiger partial charge in [0.1, 0.15) is 5.78 Å². The average Bonchev–Trinajstić information content (AvgIpc) is 3.67. The number of ketones is 2. The number of nitrogens with zero attached hydrogens (tertiary/aromatic N) is 2. The molecule has 1 aromatic heterocycles. The summed E-state index contributed by atoms with van der Waals surface area (Å²) in [4.78, 5) is 70.3. The predicted octanol–water partition coefficient (Wildman–Crippen LogP) is 7.96. The van der Waals surface area contributed by atoms with Crippen LogP contribution in [0.15, 0.2) is 23.5 Å². The molecular weight excluding hydrogens is 717 g/mol. The minimum Gasteiger partial charge on any atom is -0.481 e. The van der Waals surface area contributed by atoms with E-state index in [-0.39, 0.29) is 69.8 Å². The Morgan fingerprint density at radius 3 is 2.30 bits per heavy atom. The van der Waals surface area contributed by atoms with Crippen molar-refractivity contribution in [2.45, 2.75) is 145 Å². The van der Waals surface area contributed by atoms with E-state index in [0.29, 0.717) is 61.1 Å². The van der Waals surface area contributed by atoms with Gasteiger partial charge in [-0.25, -0.2) is 4.98 Å². The maximum Gasteiger partial charge on any atom is 0.306 e. The molecule has 0 bridgehead atoms. The van der Waals surface area contributed by atoms with Crippen LogP contribution in [0.2, 0.25) is 0 Å². The van der Waals surface area contributed by atoms with Crippen molar-refractivity contribution >= 4 is 29.4 Å². The molecule has 2 amide bonds. The molecule has 10 heteroatoms. The van der Waals surface area contributed by atoms with E-state index >= 15 is 0 Å². The summed E-state index contributed by atoms with van der Waals surface area (Å²) in [6.07, 6.45) is 13.6. The molecule has 314 valence electrons. The first kappa shape index (κ1) is 41.8. The van der Waals surface area contributed by atoms with Gasteiger partial charge in [-0.2, -0.15) is 0 Å². The molecule has 1 aromatic rings. The van der Waals surface area contributed by atoms with Crippen molar-refractivity contribution in [3.05, 3.63) is 29.4 Å². The number of rotatable bonds is 11. The third-order valence-electron chi connectivity index (χ3n) is 17.6. The zero-order chi connectivity index (χ0) is 41.6. The number of hydrogen-bond acceptors (Lipinski definition) is 6. The lowest BCUT2D eigenvalue weighted by Gasteiger charge is -2.69. The van der Waals surface area contributed by atoms with Crippen molar-refractivity contribution in [2.75, 3.05) is 6.54 Å². The lowest BCUT2D eigenvalue weighted by molar-refractivity contribution is -0.193. The van der Waals surface area contributed by atoms with E-state index in [2.05, 4.69) is 57.2 Å². The summed E-state index contributed by atoms with van der Waals surface area (Å²) in [5.41, 5.74) is 1.44. The lowest BCUT2D eigenvalue weighted by Crippen LogP contribution is -2.62. The number of aromatic nitrogens is 2. The quantitative estimate of drug-likeness (QED) is 0.206. The molecule has 0 radical (unpaired) electrons. The molecule has 6 aliphatic rings. The molecule has 11 unspecified atom stereocenters. The van der Waals surface area contributed by atoms with Crippen molar-refractivity contribution in [2.24, 2.45) is 82.0 Å². The molecule has 10 nitrogen and oxygen atoms in total. The summed E-state index contributed by atoms with van der Waals surface area (Å²) in [7, 11) is 1.78. The third kappa shape index (κ3) is 6.84. The van der Waals surface area contributed by atoms with Gasteiger partial charge in [-0.3, -0.25) is 24.0 Å². The fourth-order valence-corrected chi connectivity index (χ4v) is 14.7. The second-order valence-electron chi connectivity index (χ2n) is 21.9. The second-order valence-corrected chi connectivity index (χ2v) is 21.9. The highest BCUT2D eigenvalue weighted by Gasteiger charge is 2.66. The van der Waals surface area contributed by atoms with Crippen molar-refractivity contribution in [1.29, 1.82) is 0 Å². The SMILES string of the molecule is CC(C)C1=C2C3CCC4C(C)(CCC5C(C)(C)C(CC(=O)C6CC(C(=O)O)C6C)CCC54C)C3CCC2(CC(=O)NCC(C)(C)NC(=O)c2nccn2C)CC1=O. The second kappa shape index (κ2) is 14.5. The van der Waals surface area contributed by atoms with E-state index in [1.54, 1.807) is 24.0 Å². The number of fused-ring (bicyclic) bond motifs is 7. The first-order valence-electron chi connectivity index (χ1n) is 22.2. The van der Waals surface area contributed by atoms with Crippen LogP contribution >= 0.6 is 0 Å². The summed E-state index contributed by atoms with van der Waals surface area (Å²) in [6, 6.07) is 0. The molecule has 1 heterocycles. The predicted molar refractivity (Wildman–Crippen MR) is 219 cm³/mol. The van der Waals surface area contributed by atoms with E-state index < -0.39 is 16.9 Å². The van der Waals surface area contributed by atoms with Gasteiger partial charge in [0.15, 0.2) is 11.6 Å². The van der Waals surface area contributed by atoms with Crippen LogP contribution in [0.1, 0.15) is 150 Å². The molecule has 0 spiro atoms. The maximum absolute atomic E-state index is 14.0. The van der Waals surface area contributed by atoms with E-state index in [4.69, 9.17) is 0 Å². The average molecular weight is 787 g/mol. The Hall–Kier alpha value is -3.30. The number of amides is 2. The van der Waals surface area contributed by atoms with Crippen LogP contribution < -0.4 is 10.6 Å². The molecule has 57 heavy (non-hydrogen) atoms. The number of hydrogen-bond donors (Lipinski definition) is 3. The number of carboxylic acid groups (broad SMARTS) is 1. The summed E-state index contributed by atoms with van der Waals surface area (Å²) in [5, 5.41) is 15.7. The Kier molecular flexibility index (Phi) is 10.6. The van der Waals surface area contributed by atoms with Gasteiger partial charge in [0.2, 0.25) is 5.91 Å². The van der Waals surface area contributed by atoms with Crippen LogP contribution in [0.5, 0.6) is 0 Å². The van der Waals surface area contributed by atoms with E-state index in [1.807, 2.05) is 20.8 Å². The summed E-state index contributed by atoms with van der Waals surface area (Å²) in [6.45, 7) is 20.3. The zero-order valence-corrected chi connectivity index (χ0v) is 36.4. The largest absolute Gasteiger partial charge is 0.481 e. The number of aryl methyl sites for hydroxylation is 1. The molecule has 5 fully saturated rings. The summed E-state index contributed by atoms with van der Waals surface area (Å²) < 4.78 is 1.67. The van der Waals surface area contributed by atoms with Gasteiger partial charge in [-0.05, 0) is 135 Å². The topological polar surface area (TPSA) is 147 Å². The van der Waals surface area contributed by atoms with Crippen LogP contribution in [0.3, 0.4) is 0 Å². The number of carbonyl (C=O) groups excluding carboxylic acids is 4. The van der Waals surface area contributed by atoms with Gasteiger partial charge in [0.25, 0.3) is 5.91 Å². The highest BCUT2D eigenvalue weighted by molar-refractivity contribution is 6.01. The number of carbonyl (C=O) groups is 5. The van der Waals surface area contributed by atoms with Crippen molar-refractivity contribution in [3.8, 4) is 0 Å². The molecule has 6 aliphatic carbocycles. The first-order chi connectivity index (χ1) is 26.6. The number of carboxylic acids is 1. The number of nitrogens with one attached hydrogen (secondary N) is 2. The van der Waals surface area contributed by atoms with Crippen LogP contribution in [0.25, 0.3) is 0 Å². The van der Waals surface area contributed by atoms with Gasteiger partial charge in [0, 0.05) is 56.6 Å². The molecule has 0 aromatic carbocycles. The molecular formula is C47H70N4O6. The number of Topliss-reactive ketones (excluding diaryl/α,β-unsaturated/α-hetero) is 2. The van der Waals surface area contributed by atoms with Crippen molar-refractivity contribution in [3.63, 3.8) is 0 Å². The van der Waals surface area contributed by atoms with Crippen LogP contribution in [0.4, 0.5) is 0 Å². The Balaban J connectivity index is 1.06. The zero-order valence-electron chi connectivity index (χ0n) is 36.4. The van der Waals surface area contributed by atoms with Gasteiger partial charge < -0.3 is 20.3 Å². The Labute approximate surface area is 340 Å². The molecule has 0 aliphatic heterocycles. The minimum atomic E-state index is -0.772. The van der Waals surface area contributed by atoms with Gasteiger partial charge in [0.05, 0.1) is 11.5 Å². The Morgan fingerprint density at radius 2 is 1.67 bits per heavy atom. The van der Waals surface area contributed by atoms with E-state index in [9.17, 15) is 29.1 Å². The van der Waals surface area contributed by atoms with Crippen LogP contribution in [0, 0.1) is 74.9 Å². The van der Waals surface area contributed by atoms with Crippen molar-refractivity contribution in [1.82, 2.24) is 20.2 Å². The number of allylic oxidation sites excluding steroid dienone is 2. The normalized spacial score (nSPS) is 38.3. The van der Waals surface area contributed by atoms with Crippen LogP contribution in [-0.2, 0) is 26.2 Å². The molecule has 11 atom stereocenters. The highest BCUT2D eigenvalue weighted by Crippen LogP contribution is 2.74. The van der Waals surface area contributed by atoms with Crippen molar-refractivity contribution < 1.29 is 29.1 Å². The molecule has 0 saturated heterocycles. The van der Waals surface area contributed by atoms with E-state index in [0.717, 1.165) is 56.9 Å². The van der Waals surface area contributed by atoms with Gasteiger partial charge in [-0.1, -0.05) is 54.0 Å². The standard InChI is InChI=1S/C47H70N4O6/c1-26(2)38-34(53)23-47(24-37(54)49-25-43(4,5)50-41(55)40-48-19-20-51(40)10)18-14-32-29(39(38)47)11-12-36-45(32,8)17-15-35-44(6,7)28(13-16-46(35,36)9)21-33(52)30-22-31(27(30)3)42(56)57/h19-20,26-32,35-36H,11-18,21-25H2,1-10H3,(H,49,54)(H,50,55)(H,56,57). The fourth-order valence-electron chi connectivity index (χ4n) is 14.7. The fraction of sp³-hybridized carbons (Fsp3) is 0.787. The lowest BCUT2D eigenvalue weighted by atomic mass is 9.35. The Morgan fingerprint density at radius 1 is 0.965 bits per heavy atom. The molecule has 7 rings (SSSR count). The van der Waals surface area contributed by atoms with Gasteiger partial charge >= 0.3 is 5.97 Å². The third-order valence-corrected chi connectivity index (χ3v) is 17.6. The van der Waals surface area contributed by atoms with E-state index in [1.165, 1.54) is 5.57 Å². The first-order valence-corrected chi connectivity index (χ1v) is 22.2. The summed E-state index contributed by atoms with van der Waals surface area (Å²) >= 11 is 0. The smallest absolute Gasteiger partial charge is 0.306 e. The summed E-state index contributed by atoms with van der Waals surface area (Å²) in [5.74, 6) is 1.36. The number of imidazole rings is 1. The maximum atomic E-state index is 14.0. The highest BCUT2D eigenvalue weighted by atomic mass is 16.4. The van der Waals surface area contributed by atoms with Crippen LogP contribution in [-0.4, -0.2) is 56.1 Å². The Bertz CT molecular complexity index is 1860. The van der Waals surface area contributed by atoms with Gasteiger partial charge in [-0.15, -0.1) is 0 Å². The molecule has 5 saturated carbocycles. The minimum absolute atomic E-state index is 0.00984.